The predicted octanol–water partition coefficient (Wildman–Crippen LogP) is 1.58. The summed E-state index contributed by atoms with van der Waals surface area (Å²) in [5.41, 5.74) is 0. The summed E-state index contributed by atoms with van der Waals surface area (Å²) in [5.74, 6) is 0. The minimum Gasteiger partial charge on any atom is -0.313 e. The summed E-state index contributed by atoms with van der Waals surface area (Å²) in [6.45, 7) is 7.81. The number of hydrogen-bond donors (Lipinski definition) is 1. The van der Waals surface area contributed by atoms with E-state index >= 15 is 0 Å². The summed E-state index contributed by atoms with van der Waals surface area (Å²) in [6.07, 6.45) is 4.32. The molecule has 0 aliphatic carbocycles. The van der Waals surface area contributed by atoms with Crippen molar-refractivity contribution >= 4 is 10.0 Å². The van der Waals surface area contributed by atoms with Crippen LogP contribution in [0.3, 0.4) is 0 Å². The molecule has 1 fully saturated rings. The fraction of sp³-hybridized carbons (Fsp3) is 1.00. The largest absolute Gasteiger partial charge is 0.313 e. The molecule has 1 unspecified atom stereocenters. The van der Waals surface area contributed by atoms with Gasteiger partial charge in [0, 0.05) is 25.7 Å². The first-order valence-corrected chi connectivity index (χ1v) is 8.17. The molecule has 1 aliphatic heterocycles. The summed E-state index contributed by atoms with van der Waals surface area (Å²) in [4.78, 5) is 0. The maximum Gasteiger partial charge on any atom is 0.217 e. The van der Waals surface area contributed by atoms with Gasteiger partial charge in [-0.05, 0) is 19.8 Å². The SMILES string of the molecule is CC(C)NCC(C)S(=O)(=O)N1CCCCCC1. The Labute approximate surface area is 106 Å². The Kier molecular flexibility index (Phi) is 5.89. The van der Waals surface area contributed by atoms with Crippen LogP contribution in [0.5, 0.6) is 0 Å². The van der Waals surface area contributed by atoms with Crippen LogP contribution in [0.4, 0.5) is 0 Å². The highest BCUT2D eigenvalue weighted by Gasteiger charge is 2.28. The molecular weight excluding hydrogens is 236 g/mol. The lowest BCUT2D eigenvalue weighted by atomic mass is 10.2. The molecule has 4 nitrogen and oxygen atoms in total. The van der Waals surface area contributed by atoms with E-state index in [9.17, 15) is 8.42 Å². The van der Waals surface area contributed by atoms with Gasteiger partial charge >= 0.3 is 0 Å². The molecule has 0 saturated carbocycles. The van der Waals surface area contributed by atoms with E-state index in [4.69, 9.17) is 0 Å². The highest BCUT2D eigenvalue weighted by atomic mass is 32.2. The van der Waals surface area contributed by atoms with E-state index in [0.29, 0.717) is 25.7 Å². The van der Waals surface area contributed by atoms with E-state index in [1.54, 1.807) is 11.2 Å². The zero-order valence-electron chi connectivity index (χ0n) is 11.3. The van der Waals surface area contributed by atoms with Gasteiger partial charge in [-0.3, -0.25) is 0 Å². The number of rotatable bonds is 5. The van der Waals surface area contributed by atoms with Crippen LogP contribution in [0, 0.1) is 0 Å². The molecule has 1 heterocycles. The Balaban J connectivity index is 2.58. The summed E-state index contributed by atoms with van der Waals surface area (Å²) in [7, 11) is -3.11. The van der Waals surface area contributed by atoms with E-state index in [2.05, 4.69) is 5.32 Å². The number of sulfonamides is 1. The molecule has 1 N–H and O–H groups in total. The second-order valence-electron chi connectivity index (χ2n) is 5.23. The molecule has 1 saturated heterocycles. The highest BCUT2D eigenvalue weighted by molar-refractivity contribution is 7.89. The van der Waals surface area contributed by atoms with Gasteiger partial charge in [-0.1, -0.05) is 26.7 Å². The third-order valence-corrected chi connectivity index (χ3v) is 5.52. The number of hydrogen-bond acceptors (Lipinski definition) is 3. The van der Waals surface area contributed by atoms with Crippen molar-refractivity contribution in [3.8, 4) is 0 Å². The van der Waals surface area contributed by atoms with Crippen molar-refractivity contribution in [1.29, 1.82) is 0 Å². The Morgan fingerprint density at radius 3 is 2.06 bits per heavy atom. The normalized spacial score (nSPS) is 21.4. The number of nitrogens with zero attached hydrogens (tertiary/aromatic N) is 1. The van der Waals surface area contributed by atoms with Crippen LogP contribution in [-0.4, -0.2) is 43.6 Å². The predicted molar refractivity (Wildman–Crippen MR) is 71.6 cm³/mol. The van der Waals surface area contributed by atoms with Crippen molar-refractivity contribution in [2.24, 2.45) is 0 Å². The zero-order valence-corrected chi connectivity index (χ0v) is 12.1. The summed E-state index contributed by atoms with van der Waals surface area (Å²) in [5, 5.41) is 2.87. The maximum absolute atomic E-state index is 12.3. The van der Waals surface area contributed by atoms with Gasteiger partial charge < -0.3 is 5.32 Å². The Bertz CT molecular complexity index is 306. The Morgan fingerprint density at radius 2 is 1.59 bits per heavy atom. The number of nitrogens with one attached hydrogen (secondary N) is 1. The first-order chi connectivity index (χ1) is 7.94. The van der Waals surface area contributed by atoms with E-state index in [0.717, 1.165) is 25.7 Å². The molecule has 17 heavy (non-hydrogen) atoms. The van der Waals surface area contributed by atoms with Gasteiger partial charge in [0.1, 0.15) is 0 Å². The molecule has 0 amide bonds. The van der Waals surface area contributed by atoms with Gasteiger partial charge in [0.25, 0.3) is 0 Å². The van der Waals surface area contributed by atoms with Crippen molar-refractivity contribution in [3.63, 3.8) is 0 Å². The van der Waals surface area contributed by atoms with Crippen LogP contribution in [-0.2, 0) is 10.0 Å². The van der Waals surface area contributed by atoms with Gasteiger partial charge in [-0.15, -0.1) is 0 Å². The molecule has 5 heteroatoms. The highest BCUT2D eigenvalue weighted by Crippen LogP contribution is 2.16. The fourth-order valence-electron chi connectivity index (χ4n) is 2.06. The van der Waals surface area contributed by atoms with Crippen LogP contribution in [0.25, 0.3) is 0 Å². The average Bonchev–Trinajstić information content (AvgIpc) is 2.54. The third-order valence-electron chi connectivity index (χ3n) is 3.25. The molecule has 1 atom stereocenters. The quantitative estimate of drug-likeness (QED) is 0.818. The van der Waals surface area contributed by atoms with Gasteiger partial charge in [-0.2, -0.15) is 0 Å². The first kappa shape index (κ1) is 14.9. The van der Waals surface area contributed by atoms with Crippen LogP contribution < -0.4 is 5.32 Å². The second-order valence-corrected chi connectivity index (χ2v) is 7.58. The summed E-state index contributed by atoms with van der Waals surface area (Å²) in [6, 6.07) is 0.330. The topological polar surface area (TPSA) is 49.4 Å². The lowest BCUT2D eigenvalue weighted by molar-refractivity contribution is 0.413. The molecule has 0 aromatic heterocycles. The molecule has 102 valence electrons. The monoisotopic (exact) mass is 262 g/mol. The molecule has 1 rings (SSSR count). The van der Waals surface area contributed by atoms with Gasteiger partial charge in [-0.25, -0.2) is 12.7 Å². The second kappa shape index (κ2) is 6.71. The fourth-order valence-corrected chi connectivity index (χ4v) is 3.64. The standard InChI is InChI=1S/C12H26N2O2S/c1-11(2)13-10-12(3)17(15,16)14-8-6-4-5-7-9-14/h11-13H,4-10H2,1-3H3. The van der Waals surface area contributed by atoms with Crippen molar-refractivity contribution in [3.05, 3.63) is 0 Å². The molecule has 0 aromatic carbocycles. The van der Waals surface area contributed by atoms with Gasteiger partial charge in [0.05, 0.1) is 5.25 Å². The van der Waals surface area contributed by atoms with Crippen LogP contribution >= 0.6 is 0 Å². The molecule has 0 aromatic rings. The minimum absolute atomic E-state index is 0.330. The van der Waals surface area contributed by atoms with Crippen molar-refractivity contribution in [2.75, 3.05) is 19.6 Å². The van der Waals surface area contributed by atoms with Crippen LogP contribution in [0.2, 0.25) is 0 Å². The third kappa shape index (κ3) is 4.56. The van der Waals surface area contributed by atoms with E-state index in [1.807, 2.05) is 13.8 Å². The Hall–Kier alpha value is -0.130. The van der Waals surface area contributed by atoms with Gasteiger partial charge in [0.2, 0.25) is 10.0 Å². The molecule has 0 spiro atoms. The smallest absolute Gasteiger partial charge is 0.217 e. The van der Waals surface area contributed by atoms with Crippen molar-refractivity contribution < 1.29 is 8.42 Å². The Morgan fingerprint density at radius 1 is 1.06 bits per heavy atom. The molecule has 0 bridgehead atoms. The van der Waals surface area contributed by atoms with Crippen molar-refractivity contribution in [1.82, 2.24) is 9.62 Å². The lowest BCUT2D eigenvalue weighted by Crippen LogP contribution is -2.43. The minimum atomic E-state index is -3.11. The molecule has 1 aliphatic rings. The average molecular weight is 262 g/mol. The van der Waals surface area contributed by atoms with E-state index in [1.165, 1.54) is 0 Å². The molecular formula is C12H26N2O2S. The van der Waals surface area contributed by atoms with Crippen LogP contribution in [0.1, 0.15) is 46.5 Å². The van der Waals surface area contributed by atoms with E-state index < -0.39 is 10.0 Å². The molecule has 0 radical (unpaired) electrons. The van der Waals surface area contributed by atoms with Crippen LogP contribution in [0.15, 0.2) is 0 Å². The lowest BCUT2D eigenvalue weighted by Gasteiger charge is -2.25. The van der Waals surface area contributed by atoms with E-state index in [-0.39, 0.29) is 5.25 Å². The van der Waals surface area contributed by atoms with Crippen molar-refractivity contribution in [2.45, 2.75) is 57.7 Å². The zero-order chi connectivity index (χ0) is 12.9. The summed E-state index contributed by atoms with van der Waals surface area (Å²) >= 11 is 0. The first-order valence-electron chi connectivity index (χ1n) is 6.67. The summed E-state index contributed by atoms with van der Waals surface area (Å²) < 4.78 is 26.4. The van der Waals surface area contributed by atoms with Gasteiger partial charge in [0.15, 0.2) is 0 Å². The maximum atomic E-state index is 12.3.